The number of hydrogen-bond donors (Lipinski definition) is 1. The molecule has 0 aliphatic rings. The van der Waals surface area contributed by atoms with Crippen LogP contribution in [0.3, 0.4) is 0 Å². The van der Waals surface area contributed by atoms with E-state index in [1.165, 1.54) is 18.3 Å². The number of anilines is 1. The molecule has 0 fully saturated rings. The normalized spacial score (nSPS) is 10.5. The van der Waals surface area contributed by atoms with Gasteiger partial charge in [-0.15, -0.1) is 10.2 Å². The van der Waals surface area contributed by atoms with E-state index in [9.17, 15) is 25.0 Å². The number of unbranched alkanes of at least 4 members (excludes halogenated alkanes) is 2. The number of aromatic nitrogens is 2. The Bertz CT molecular complexity index is 851. The van der Waals surface area contributed by atoms with Crippen LogP contribution in [0.5, 0.6) is 0 Å². The van der Waals surface area contributed by atoms with Crippen molar-refractivity contribution in [2.75, 3.05) is 5.32 Å². The Balaban J connectivity index is 2.24. The van der Waals surface area contributed by atoms with E-state index < -0.39 is 27.1 Å². The number of non-ortho nitro benzene ring substituents is 1. The molecule has 10 nitrogen and oxygen atoms in total. The lowest BCUT2D eigenvalue weighted by Crippen LogP contribution is -2.14. The summed E-state index contributed by atoms with van der Waals surface area (Å²) in [6.07, 6.45) is 3.86. The smallest absolute Gasteiger partial charge is 0.279 e. The summed E-state index contributed by atoms with van der Waals surface area (Å²) in [5, 5.41) is 33.5. The van der Waals surface area contributed by atoms with Crippen molar-refractivity contribution < 1.29 is 14.6 Å². The summed E-state index contributed by atoms with van der Waals surface area (Å²) in [6, 6.07) is 1.85. The first-order valence-corrected chi connectivity index (χ1v) is 8.72. The van der Waals surface area contributed by atoms with Crippen LogP contribution in [0.15, 0.2) is 12.1 Å². The van der Waals surface area contributed by atoms with Gasteiger partial charge in [0.15, 0.2) is 0 Å². The Kier molecular flexibility index (Phi) is 6.28. The van der Waals surface area contributed by atoms with Crippen LogP contribution < -0.4 is 5.32 Å². The standard InChI is InChI=1S/C15H17N5O5S/c1-3-4-5-6-13-17-18-15(26-13)16-14(21)11-7-10(19(22)23)8-12(9(11)2)20(24)25/h7-8H,3-6H2,1-2H3,(H,16,18,21). The SMILES string of the molecule is CCCCCc1nnc(NC(=O)c2cc([N+](=O)[O-])cc([N+](=O)[O-])c2C)s1. The molecule has 11 heteroatoms. The third-order valence-corrected chi connectivity index (χ3v) is 4.60. The highest BCUT2D eigenvalue weighted by Gasteiger charge is 2.25. The van der Waals surface area contributed by atoms with Crippen LogP contribution in [0.25, 0.3) is 0 Å². The molecule has 2 rings (SSSR count). The van der Waals surface area contributed by atoms with E-state index in [1.54, 1.807) is 0 Å². The number of aryl methyl sites for hydroxylation is 1. The topological polar surface area (TPSA) is 141 Å². The fraction of sp³-hybridized carbons (Fsp3) is 0.400. The van der Waals surface area contributed by atoms with Crippen LogP contribution in [0.2, 0.25) is 0 Å². The molecule has 0 saturated heterocycles. The van der Waals surface area contributed by atoms with E-state index in [1.807, 2.05) is 0 Å². The highest BCUT2D eigenvalue weighted by molar-refractivity contribution is 7.15. The summed E-state index contributed by atoms with van der Waals surface area (Å²) >= 11 is 1.21. The van der Waals surface area contributed by atoms with Gasteiger partial charge >= 0.3 is 0 Å². The number of nitrogens with one attached hydrogen (secondary N) is 1. The first-order chi connectivity index (χ1) is 12.3. The fourth-order valence-electron chi connectivity index (χ4n) is 2.31. The van der Waals surface area contributed by atoms with Crippen molar-refractivity contribution in [3.63, 3.8) is 0 Å². The van der Waals surface area contributed by atoms with Crippen LogP contribution in [0.4, 0.5) is 16.5 Å². The number of nitro benzene ring substituents is 2. The summed E-state index contributed by atoms with van der Waals surface area (Å²) in [6.45, 7) is 3.46. The van der Waals surface area contributed by atoms with Crippen molar-refractivity contribution in [3.05, 3.63) is 48.5 Å². The van der Waals surface area contributed by atoms with Gasteiger partial charge in [-0.25, -0.2) is 0 Å². The predicted molar refractivity (Wildman–Crippen MR) is 95.6 cm³/mol. The molecule has 1 aromatic heterocycles. The van der Waals surface area contributed by atoms with Crippen molar-refractivity contribution in [2.45, 2.75) is 39.5 Å². The lowest BCUT2D eigenvalue weighted by molar-refractivity contribution is -0.394. The Morgan fingerprint density at radius 2 is 1.92 bits per heavy atom. The fourth-order valence-corrected chi connectivity index (χ4v) is 3.09. The number of carbonyl (C=O) groups is 1. The molecule has 0 saturated carbocycles. The molecule has 0 aliphatic heterocycles. The summed E-state index contributed by atoms with van der Waals surface area (Å²) in [5.74, 6) is -0.703. The Morgan fingerprint density at radius 1 is 1.19 bits per heavy atom. The molecule has 1 aromatic carbocycles. The molecule has 0 unspecified atom stereocenters. The number of rotatable bonds is 8. The van der Waals surface area contributed by atoms with Gasteiger partial charge in [-0.3, -0.25) is 30.3 Å². The van der Waals surface area contributed by atoms with Crippen molar-refractivity contribution in [3.8, 4) is 0 Å². The number of nitro groups is 2. The van der Waals surface area contributed by atoms with Crippen LogP contribution in [0, 0.1) is 27.2 Å². The Morgan fingerprint density at radius 3 is 2.54 bits per heavy atom. The molecular weight excluding hydrogens is 362 g/mol. The molecule has 0 bridgehead atoms. The van der Waals surface area contributed by atoms with Gasteiger partial charge in [-0.05, 0) is 13.3 Å². The summed E-state index contributed by atoms with van der Waals surface area (Å²) < 4.78 is 0. The molecule has 0 radical (unpaired) electrons. The van der Waals surface area contributed by atoms with Gasteiger partial charge in [0.1, 0.15) is 5.01 Å². The van der Waals surface area contributed by atoms with Gasteiger partial charge in [0, 0.05) is 18.1 Å². The molecule has 0 aliphatic carbocycles. The van der Waals surface area contributed by atoms with E-state index in [2.05, 4.69) is 22.4 Å². The van der Waals surface area contributed by atoms with Crippen molar-refractivity contribution in [1.29, 1.82) is 0 Å². The van der Waals surface area contributed by atoms with E-state index in [4.69, 9.17) is 0 Å². The van der Waals surface area contributed by atoms with E-state index in [-0.39, 0.29) is 16.3 Å². The quantitative estimate of drug-likeness (QED) is 0.419. The van der Waals surface area contributed by atoms with Crippen LogP contribution in [-0.4, -0.2) is 26.0 Å². The molecule has 138 valence electrons. The van der Waals surface area contributed by atoms with Crippen molar-refractivity contribution in [2.24, 2.45) is 0 Å². The summed E-state index contributed by atoms with van der Waals surface area (Å²) in [5.41, 5.74) is -1.11. The maximum absolute atomic E-state index is 12.4. The molecule has 1 N–H and O–H groups in total. The molecule has 1 amide bonds. The lowest BCUT2D eigenvalue weighted by Gasteiger charge is -2.06. The number of carbonyl (C=O) groups excluding carboxylic acids is 1. The number of amides is 1. The average Bonchev–Trinajstić information content (AvgIpc) is 3.02. The summed E-state index contributed by atoms with van der Waals surface area (Å²) in [4.78, 5) is 33.0. The second-order valence-corrected chi connectivity index (χ2v) is 6.63. The van der Waals surface area contributed by atoms with Crippen LogP contribution in [-0.2, 0) is 6.42 Å². The minimum atomic E-state index is -0.778. The minimum absolute atomic E-state index is 0.0470. The maximum Gasteiger partial charge on any atom is 0.279 e. The third-order valence-electron chi connectivity index (χ3n) is 3.70. The summed E-state index contributed by atoms with van der Waals surface area (Å²) in [7, 11) is 0. The van der Waals surface area contributed by atoms with Gasteiger partial charge in [-0.1, -0.05) is 31.1 Å². The molecule has 0 atom stereocenters. The van der Waals surface area contributed by atoms with E-state index in [0.29, 0.717) is 0 Å². The second kappa shape index (κ2) is 8.43. The molecule has 2 aromatic rings. The highest BCUT2D eigenvalue weighted by Crippen LogP contribution is 2.29. The molecular formula is C15H17N5O5S. The number of nitrogens with zero attached hydrogens (tertiary/aromatic N) is 4. The first kappa shape index (κ1) is 19.4. The Hall–Kier alpha value is -2.95. The monoisotopic (exact) mass is 379 g/mol. The van der Waals surface area contributed by atoms with E-state index in [0.717, 1.165) is 42.8 Å². The van der Waals surface area contributed by atoms with Gasteiger partial charge in [0.2, 0.25) is 5.13 Å². The predicted octanol–water partition coefficient (Wildman–Crippen LogP) is 3.65. The van der Waals surface area contributed by atoms with Gasteiger partial charge < -0.3 is 0 Å². The third kappa shape index (κ3) is 4.57. The zero-order valence-corrected chi connectivity index (χ0v) is 15.0. The van der Waals surface area contributed by atoms with Crippen LogP contribution in [0.1, 0.15) is 47.1 Å². The average molecular weight is 379 g/mol. The molecule has 26 heavy (non-hydrogen) atoms. The first-order valence-electron chi connectivity index (χ1n) is 7.90. The van der Waals surface area contributed by atoms with E-state index >= 15 is 0 Å². The number of benzene rings is 1. The zero-order chi connectivity index (χ0) is 19.3. The van der Waals surface area contributed by atoms with Gasteiger partial charge in [-0.2, -0.15) is 0 Å². The van der Waals surface area contributed by atoms with Crippen molar-refractivity contribution in [1.82, 2.24) is 10.2 Å². The van der Waals surface area contributed by atoms with Crippen molar-refractivity contribution >= 4 is 33.8 Å². The highest BCUT2D eigenvalue weighted by atomic mass is 32.1. The number of hydrogen-bond acceptors (Lipinski definition) is 8. The minimum Gasteiger partial charge on any atom is -0.296 e. The van der Waals surface area contributed by atoms with Crippen LogP contribution >= 0.6 is 11.3 Å². The Labute approximate surface area is 152 Å². The zero-order valence-electron chi connectivity index (χ0n) is 14.2. The molecule has 0 spiro atoms. The molecule has 1 heterocycles. The largest absolute Gasteiger partial charge is 0.296 e. The maximum atomic E-state index is 12.4. The van der Waals surface area contributed by atoms with Gasteiger partial charge in [0.25, 0.3) is 17.3 Å². The lowest BCUT2D eigenvalue weighted by atomic mass is 10.0. The second-order valence-electron chi connectivity index (χ2n) is 5.56. The van der Waals surface area contributed by atoms with Gasteiger partial charge in [0.05, 0.1) is 21.5 Å².